The van der Waals surface area contributed by atoms with E-state index in [2.05, 4.69) is 0 Å². The number of carbonyl (C=O) groups is 1. The molecule has 0 spiro atoms. The molecule has 0 aliphatic rings. The minimum atomic E-state index is -4.54. The van der Waals surface area contributed by atoms with Crippen LogP contribution in [0.2, 0.25) is 0 Å². The molecule has 0 unspecified atom stereocenters. The molecule has 0 saturated carbocycles. The molecule has 3 nitrogen and oxygen atoms in total. The molecule has 0 aliphatic heterocycles. The van der Waals surface area contributed by atoms with E-state index in [0.717, 1.165) is 24.3 Å². The molecule has 86 valence electrons. The van der Waals surface area contributed by atoms with E-state index >= 15 is 0 Å². The zero-order chi connectivity index (χ0) is 12.3. The summed E-state index contributed by atoms with van der Waals surface area (Å²) in [5.41, 5.74) is -0.979. The minimum absolute atomic E-state index is 0.00963. The van der Waals surface area contributed by atoms with Crippen molar-refractivity contribution in [3.63, 3.8) is 0 Å². The summed E-state index contributed by atoms with van der Waals surface area (Å²) in [4.78, 5) is 10.2. The lowest BCUT2D eigenvalue weighted by Crippen LogP contribution is -2.04. The summed E-state index contributed by atoms with van der Waals surface area (Å²) in [5.74, 6) is -1.87. The fraction of sp³-hybridized carbons (Fsp3) is 0.100. The lowest BCUT2D eigenvalue weighted by atomic mass is 10.1. The third kappa shape index (κ3) is 3.01. The van der Waals surface area contributed by atoms with Crippen molar-refractivity contribution in [2.24, 2.45) is 0 Å². The van der Waals surface area contributed by atoms with Crippen LogP contribution in [-0.4, -0.2) is 16.2 Å². The van der Waals surface area contributed by atoms with Crippen LogP contribution in [0.5, 0.6) is 5.75 Å². The topological polar surface area (TPSA) is 57.5 Å². The second kappa shape index (κ2) is 4.26. The van der Waals surface area contributed by atoms with Crippen molar-refractivity contribution in [2.45, 2.75) is 6.18 Å². The molecule has 0 heterocycles. The molecule has 1 aromatic carbocycles. The molecule has 0 atom stereocenters. The first-order valence-electron chi connectivity index (χ1n) is 4.12. The van der Waals surface area contributed by atoms with Crippen molar-refractivity contribution in [3.05, 3.63) is 35.4 Å². The largest absolute Gasteiger partial charge is 0.507 e. The van der Waals surface area contributed by atoms with Crippen molar-refractivity contribution < 1.29 is 28.2 Å². The van der Waals surface area contributed by atoms with Crippen molar-refractivity contribution in [1.29, 1.82) is 0 Å². The Bertz CT molecular complexity index is 435. The second-order valence-electron chi connectivity index (χ2n) is 2.94. The molecule has 1 aromatic rings. The van der Waals surface area contributed by atoms with Gasteiger partial charge < -0.3 is 10.2 Å². The number of aromatic hydroxyl groups is 1. The first-order chi connectivity index (χ1) is 7.30. The zero-order valence-corrected chi connectivity index (χ0v) is 7.82. The second-order valence-corrected chi connectivity index (χ2v) is 2.94. The van der Waals surface area contributed by atoms with Gasteiger partial charge in [-0.25, -0.2) is 4.79 Å². The van der Waals surface area contributed by atoms with Crippen LogP contribution in [-0.2, 0) is 11.0 Å². The summed E-state index contributed by atoms with van der Waals surface area (Å²) in [5, 5.41) is 17.5. The number of alkyl halides is 3. The van der Waals surface area contributed by atoms with E-state index in [4.69, 9.17) is 5.11 Å². The van der Waals surface area contributed by atoms with E-state index in [0.29, 0.717) is 6.07 Å². The van der Waals surface area contributed by atoms with Gasteiger partial charge in [0.15, 0.2) is 0 Å². The highest BCUT2D eigenvalue weighted by Gasteiger charge is 2.30. The Morgan fingerprint density at radius 3 is 2.38 bits per heavy atom. The van der Waals surface area contributed by atoms with E-state index in [-0.39, 0.29) is 5.56 Å². The molecule has 0 amide bonds. The van der Waals surface area contributed by atoms with Crippen LogP contribution >= 0.6 is 0 Å². The van der Waals surface area contributed by atoms with Gasteiger partial charge in [0.25, 0.3) is 0 Å². The number of hydrogen-bond donors (Lipinski definition) is 2. The highest BCUT2D eigenvalue weighted by Crippen LogP contribution is 2.32. The van der Waals surface area contributed by atoms with E-state index < -0.39 is 23.5 Å². The lowest BCUT2D eigenvalue weighted by Gasteiger charge is -2.07. The summed E-state index contributed by atoms with van der Waals surface area (Å²) < 4.78 is 36.6. The maximum absolute atomic E-state index is 12.2. The standard InChI is InChI=1S/C10H7F3O3/c11-10(12,13)7-3-1-6(8(14)5-7)2-4-9(15)16/h1-5,14H,(H,15,16)/b4-2+. The Labute approximate surface area is 88.4 Å². The molecule has 16 heavy (non-hydrogen) atoms. The van der Waals surface area contributed by atoms with Gasteiger partial charge in [0.2, 0.25) is 0 Å². The molecule has 0 aromatic heterocycles. The van der Waals surface area contributed by atoms with Crippen LogP contribution in [0.4, 0.5) is 13.2 Å². The molecule has 0 saturated heterocycles. The fourth-order valence-electron chi connectivity index (χ4n) is 1.02. The van der Waals surface area contributed by atoms with Gasteiger partial charge in [-0.2, -0.15) is 13.2 Å². The van der Waals surface area contributed by atoms with Crippen LogP contribution < -0.4 is 0 Å². The third-order valence-corrected chi connectivity index (χ3v) is 1.76. The van der Waals surface area contributed by atoms with Crippen molar-refractivity contribution >= 4 is 12.0 Å². The van der Waals surface area contributed by atoms with E-state index in [1.807, 2.05) is 0 Å². The highest BCUT2D eigenvalue weighted by atomic mass is 19.4. The fourth-order valence-corrected chi connectivity index (χ4v) is 1.02. The first-order valence-corrected chi connectivity index (χ1v) is 4.12. The molecular formula is C10H7F3O3. The smallest absolute Gasteiger partial charge is 0.416 e. The van der Waals surface area contributed by atoms with Gasteiger partial charge >= 0.3 is 12.1 Å². The summed E-state index contributed by atoms with van der Waals surface area (Å²) in [6.45, 7) is 0. The van der Waals surface area contributed by atoms with Gasteiger partial charge in [0, 0.05) is 11.6 Å². The summed E-state index contributed by atoms with van der Waals surface area (Å²) >= 11 is 0. The van der Waals surface area contributed by atoms with E-state index in [9.17, 15) is 23.1 Å². The number of phenolic OH excluding ortho intramolecular Hbond substituents is 1. The van der Waals surface area contributed by atoms with Crippen LogP contribution in [0.15, 0.2) is 24.3 Å². The normalized spacial score (nSPS) is 11.9. The van der Waals surface area contributed by atoms with E-state index in [1.165, 1.54) is 0 Å². The van der Waals surface area contributed by atoms with Gasteiger partial charge in [0.05, 0.1) is 5.56 Å². The van der Waals surface area contributed by atoms with Crippen LogP contribution in [0.3, 0.4) is 0 Å². The minimum Gasteiger partial charge on any atom is -0.507 e. The van der Waals surface area contributed by atoms with Gasteiger partial charge in [0.1, 0.15) is 5.75 Å². The molecule has 0 aliphatic carbocycles. The molecular weight excluding hydrogens is 225 g/mol. The maximum atomic E-state index is 12.2. The van der Waals surface area contributed by atoms with E-state index in [1.54, 1.807) is 0 Å². The molecule has 6 heteroatoms. The first kappa shape index (κ1) is 12.1. The number of carboxylic acid groups (broad SMARTS) is 1. The van der Waals surface area contributed by atoms with Crippen LogP contribution in [0.25, 0.3) is 6.08 Å². The Hall–Kier alpha value is -1.98. The summed E-state index contributed by atoms with van der Waals surface area (Å²) in [7, 11) is 0. The predicted molar refractivity (Wildman–Crippen MR) is 49.8 cm³/mol. The Balaban J connectivity index is 3.05. The molecule has 0 bridgehead atoms. The van der Waals surface area contributed by atoms with Crippen LogP contribution in [0, 0.1) is 0 Å². The quantitative estimate of drug-likeness (QED) is 0.770. The lowest BCUT2D eigenvalue weighted by molar-refractivity contribution is -0.137. The number of rotatable bonds is 2. The SMILES string of the molecule is O=C(O)/C=C/c1ccc(C(F)(F)F)cc1O. The summed E-state index contributed by atoms with van der Waals surface area (Å²) in [6.07, 6.45) is -2.80. The summed E-state index contributed by atoms with van der Waals surface area (Å²) in [6, 6.07) is 2.31. The number of phenols is 1. The number of aliphatic carboxylic acids is 1. The van der Waals surface area contributed by atoms with Gasteiger partial charge in [-0.15, -0.1) is 0 Å². The van der Waals surface area contributed by atoms with Gasteiger partial charge in [-0.3, -0.25) is 0 Å². The zero-order valence-electron chi connectivity index (χ0n) is 7.82. The highest BCUT2D eigenvalue weighted by molar-refractivity contribution is 5.85. The monoisotopic (exact) mass is 232 g/mol. The number of carboxylic acids is 1. The van der Waals surface area contributed by atoms with Crippen molar-refractivity contribution in [1.82, 2.24) is 0 Å². The average Bonchev–Trinajstić information content (AvgIpc) is 2.14. The number of hydrogen-bond acceptors (Lipinski definition) is 2. The molecule has 2 N–H and O–H groups in total. The average molecular weight is 232 g/mol. The molecule has 0 fully saturated rings. The number of halogens is 3. The number of benzene rings is 1. The molecule has 1 rings (SSSR count). The van der Waals surface area contributed by atoms with Crippen molar-refractivity contribution in [3.8, 4) is 5.75 Å². The Morgan fingerprint density at radius 2 is 1.94 bits per heavy atom. The Kier molecular flexibility index (Phi) is 3.22. The van der Waals surface area contributed by atoms with Gasteiger partial charge in [-0.1, -0.05) is 6.07 Å². The van der Waals surface area contributed by atoms with Gasteiger partial charge in [-0.05, 0) is 18.2 Å². The molecule has 0 radical (unpaired) electrons. The van der Waals surface area contributed by atoms with Crippen LogP contribution in [0.1, 0.15) is 11.1 Å². The van der Waals surface area contributed by atoms with Crippen molar-refractivity contribution in [2.75, 3.05) is 0 Å². The predicted octanol–water partition coefficient (Wildman–Crippen LogP) is 2.51. The third-order valence-electron chi connectivity index (χ3n) is 1.76. The Morgan fingerprint density at radius 1 is 1.31 bits per heavy atom. The maximum Gasteiger partial charge on any atom is 0.416 e.